The smallest absolute Gasteiger partial charge is 0.243 e. The first-order valence-corrected chi connectivity index (χ1v) is 12.0. The number of para-hydroxylation sites is 1. The SMILES string of the molecule is COc1ccccc1[C@H](C)NC(=O)CN1CCCN(S(=O)(=O)c2ccc(C)cc2)CC1. The predicted molar refractivity (Wildman–Crippen MR) is 121 cm³/mol. The zero-order valence-electron chi connectivity index (χ0n) is 18.4. The predicted octanol–water partition coefficient (Wildman–Crippen LogP) is 2.58. The molecule has 0 saturated carbocycles. The second-order valence-electron chi connectivity index (χ2n) is 7.88. The van der Waals surface area contributed by atoms with Crippen LogP contribution in [0, 0.1) is 6.92 Å². The molecule has 31 heavy (non-hydrogen) atoms. The molecule has 2 aromatic rings. The van der Waals surface area contributed by atoms with E-state index >= 15 is 0 Å². The number of carbonyl (C=O) groups excluding carboxylic acids is 1. The van der Waals surface area contributed by atoms with Crippen LogP contribution in [-0.4, -0.2) is 63.4 Å². The van der Waals surface area contributed by atoms with Gasteiger partial charge in [-0.05, 0) is 45.0 Å². The quantitative estimate of drug-likeness (QED) is 0.709. The number of hydrogen-bond acceptors (Lipinski definition) is 5. The normalized spacial score (nSPS) is 17.0. The first-order valence-electron chi connectivity index (χ1n) is 10.5. The Kier molecular flexibility index (Phi) is 7.69. The maximum atomic E-state index is 13.0. The molecule has 0 aromatic heterocycles. The molecule has 1 saturated heterocycles. The largest absolute Gasteiger partial charge is 0.496 e. The molecule has 0 aliphatic carbocycles. The first kappa shape index (κ1) is 23.2. The van der Waals surface area contributed by atoms with Gasteiger partial charge in [0.05, 0.1) is 24.6 Å². The van der Waals surface area contributed by atoms with E-state index in [1.165, 1.54) is 4.31 Å². The van der Waals surface area contributed by atoms with Crippen molar-refractivity contribution in [2.45, 2.75) is 31.2 Å². The minimum atomic E-state index is -3.52. The topological polar surface area (TPSA) is 79.0 Å². The molecule has 0 unspecified atom stereocenters. The maximum Gasteiger partial charge on any atom is 0.243 e. The fraction of sp³-hybridized carbons (Fsp3) is 0.435. The minimum Gasteiger partial charge on any atom is -0.496 e. The van der Waals surface area contributed by atoms with Gasteiger partial charge in [0.25, 0.3) is 0 Å². The van der Waals surface area contributed by atoms with E-state index in [0.29, 0.717) is 37.5 Å². The molecule has 1 aliphatic heterocycles. The van der Waals surface area contributed by atoms with Crippen molar-refractivity contribution >= 4 is 15.9 Å². The summed E-state index contributed by atoms with van der Waals surface area (Å²) >= 11 is 0. The number of methoxy groups -OCH3 is 1. The van der Waals surface area contributed by atoms with Crippen molar-refractivity contribution in [3.63, 3.8) is 0 Å². The summed E-state index contributed by atoms with van der Waals surface area (Å²) in [5.41, 5.74) is 1.94. The zero-order chi connectivity index (χ0) is 22.4. The molecule has 1 amide bonds. The second kappa shape index (κ2) is 10.3. The van der Waals surface area contributed by atoms with Crippen LogP contribution in [0.3, 0.4) is 0 Å². The summed E-state index contributed by atoms with van der Waals surface area (Å²) in [6.45, 7) is 6.10. The highest BCUT2D eigenvalue weighted by Crippen LogP contribution is 2.24. The zero-order valence-corrected chi connectivity index (χ0v) is 19.2. The average Bonchev–Trinajstić information content (AvgIpc) is 3.00. The van der Waals surface area contributed by atoms with Crippen LogP contribution in [0.2, 0.25) is 0 Å². The molecular weight excluding hydrogens is 414 g/mol. The number of carbonyl (C=O) groups is 1. The van der Waals surface area contributed by atoms with E-state index < -0.39 is 10.0 Å². The molecule has 1 fully saturated rings. The highest BCUT2D eigenvalue weighted by Gasteiger charge is 2.27. The second-order valence-corrected chi connectivity index (χ2v) is 9.82. The number of aryl methyl sites for hydroxylation is 1. The van der Waals surface area contributed by atoms with Crippen LogP contribution >= 0.6 is 0 Å². The molecule has 1 N–H and O–H groups in total. The number of nitrogens with zero attached hydrogens (tertiary/aromatic N) is 2. The molecule has 0 bridgehead atoms. The molecule has 8 heteroatoms. The van der Waals surface area contributed by atoms with Gasteiger partial charge in [-0.2, -0.15) is 4.31 Å². The van der Waals surface area contributed by atoms with E-state index in [9.17, 15) is 13.2 Å². The van der Waals surface area contributed by atoms with Crippen molar-refractivity contribution in [2.24, 2.45) is 0 Å². The fourth-order valence-electron chi connectivity index (χ4n) is 3.80. The number of rotatable bonds is 7. The van der Waals surface area contributed by atoms with Gasteiger partial charge in [-0.15, -0.1) is 0 Å². The lowest BCUT2D eigenvalue weighted by atomic mass is 10.1. The van der Waals surface area contributed by atoms with Crippen LogP contribution in [-0.2, 0) is 14.8 Å². The third-order valence-electron chi connectivity index (χ3n) is 5.56. The minimum absolute atomic E-state index is 0.0896. The number of nitrogens with one attached hydrogen (secondary N) is 1. The highest BCUT2D eigenvalue weighted by molar-refractivity contribution is 7.89. The number of ether oxygens (including phenoxy) is 1. The van der Waals surface area contributed by atoms with Crippen LogP contribution in [0.15, 0.2) is 53.4 Å². The number of sulfonamides is 1. The lowest BCUT2D eigenvalue weighted by molar-refractivity contribution is -0.122. The molecule has 3 rings (SSSR count). The Morgan fingerprint density at radius 1 is 1.06 bits per heavy atom. The van der Waals surface area contributed by atoms with Crippen LogP contribution < -0.4 is 10.1 Å². The summed E-state index contributed by atoms with van der Waals surface area (Å²) in [7, 11) is -1.91. The van der Waals surface area contributed by atoms with Crippen LogP contribution in [0.25, 0.3) is 0 Å². The standard InChI is InChI=1S/C23H31N3O4S/c1-18-9-11-20(12-10-18)31(28,29)26-14-6-13-25(15-16-26)17-23(27)24-19(2)21-7-4-5-8-22(21)30-3/h4-5,7-12,19H,6,13-17H2,1-3H3,(H,24,27)/t19-/m0/s1. The van der Waals surface area contributed by atoms with Gasteiger partial charge >= 0.3 is 0 Å². The van der Waals surface area contributed by atoms with Gasteiger partial charge in [0.1, 0.15) is 5.75 Å². The molecule has 1 heterocycles. The van der Waals surface area contributed by atoms with E-state index in [1.54, 1.807) is 19.2 Å². The van der Waals surface area contributed by atoms with E-state index in [-0.39, 0.29) is 18.5 Å². The van der Waals surface area contributed by atoms with Crippen LogP contribution in [0.4, 0.5) is 0 Å². The van der Waals surface area contributed by atoms with Gasteiger partial charge in [-0.3, -0.25) is 9.69 Å². The monoisotopic (exact) mass is 445 g/mol. The Morgan fingerprint density at radius 3 is 2.48 bits per heavy atom. The van der Waals surface area contributed by atoms with E-state index in [4.69, 9.17) is 4.74 Å². The molecule has 7 nitrogen and oxygen atoms in total. The van der Waals surface area contributed by atoms with Crippen molar-refractivity contribution in [3.8, 4) is 5.75 Å². The van der Waals surface area contributed by atoms with Crippen molar-refractivity contribution < 1.29 is 17.9 Å². The van der Waals surface area contributed by atoms with Gasteiger partial charge < -0.3 is 10.1 Å². The van der Waals surface area contributed by atoms with Gasteiger partial charge in [0.15, 0.2) is 0 Å². The summed E-state index contributed by atoms with van der Waals surface area (Å²) in [5.74, 6) is 0.648. The van der Waals surface area contributed by atoms with Crippen molar-refractivity contribution in [1.82, 2.24) is 14.5 Å². The first-order chi connectivity index (χ1) is 14.8. The number of amides is 1. The summed E-state index contributed by atoms with van der Waals surface area (Å²) in [6, 6.07) is 14.4. The molecule has 1 aliphatic rings. The molecular formula is C23H31N3O4S. The highest BCUT2D eigenvalue weighted by atomic mass is 32.2. The summed E-state index contributed by atoms with van der Waals surface area (Å²) in [4.78, 5) is 14.9. The van der Waals surface area contributed by atoms with Crippen molar-refractivity contribution in [2.75, 3.05) is 39.8 Å². The molecule has 0 spiro atoms. The number of hydrogen-bond donors (Lipinski definition) is 1. The Hall–Kier alpha value is -2.42. The Bertz CT molecular complexity index is 992. The third kappa shape index (κ3) is 5.84. The van der Waals surface area contributed by atoms with Crippen LogP contribution in [0.1, 0.15) is 30.5 Å². The number of benzene rings is 2. The molecule has 2 aromatic carbocycles. The van der Waals surface area contributed by atoms with E-state index in [0.717, 1.165) is 16.9 Å². The Morgan fingerprint density at radius 2 is 1.77 bits per heavy atom. The Labute approximate surface area is 185 Å². The molecule has 0 radical (unpaired) electrons. The van der Waals surface area contributed by atoms with Crippen LogP contribution in [0.5, 0.6) is 5.75 Å². The summed E-state index contributed by atoms with van der Waals surface area (Å²) in [6.07, 6.45) is 0.681. The van der Waals surface area contributed by atoms with E-state index in [1.807, 2.05) is 55.1 Å². The third-order valence-corrected chi connectivity index (χ3v) is 7.47. The van der Waals surface area contributed by atoms with Gasteiger partial charge in [0, 0.05) is 25.2 Å². The van der Waals surface area contributed by atoms with Gasteiger partial charge in [0.2, 0.25) is 15.9 Å². The molecule has 168 valence electrons. The van der Waals surface area contributed by atoms with Gasteiger partial charge in [-0.25, -0.2) is 8.42 Å². The Balaban J connectivity index is 1.57. The summed E-state index contributed by atoms with van der Waals surface area (Å²) < 4.78 is 32.8. The molecule has 1 atom stereocenters. The summed E-state index contributed by atoms with van der Waals surface area (Å²) in [5, 5.41) is 3.02. The van der Waals surface area contributed by atoms with E-state index in [2.05, 4.69) is 5.32 Å². The van der Waals surface area contributed by atoms with Crippen molar-refractivity contribution in [3.05, 3.63) is 59.7 Å². The fourth-order valence-corrected chi connectivity index (χ4v) is 5.27. The lowest BCUT2D eigenvalue weighted by Crippen LogP contribution is -2.40. The average molecular weight is 446 g/mol. The lowest BCUT2D eigenvalue weighted by Gasteiger charge is -2.23. The van der Waals surface area contributed by atoms with Gasteiger partial charge in [-0.1, -0.05) is 35.9 Å². The van der Waals surface area contributed by atoms with Crippen molar-refractivity contribution in [1.29, 1.82) is 0 Å². The maximum absolute atomic E-state index is 13.0.